The summed E-state index contributed by atoms with van der Waals surface area (Å²) in [5.41, 5.74) is -0.103. The number of para-hydroxylation sites is 2. The number of amides is 2. The molecule has 0 aromatic heterocycles. The molecule has 0 spiro atoms. The first kappa shape index (κ1) is 28.0. The van der Waals surface area contributed by atoms with Crippen molar-refractivity contribution in [2.45, 2.75) is 18.9 Å². The summed E-state index contributed by atoms with van der Waals surface area (Å²) >= 11 is 6.17. The molecule has 2 aromatic carbocycles. The summed E-state index contributed by atoms with van der Waals surface area (Å²) in [5, 5.41) is 0.651. The molecule has 38 heavy (non-hydrogen) atoms. The zero-order valence-corrected chi connectivity index (χ0v) is 23.0. The second kappa shape index (κ2) is 12.7. The minimum atomic E-state index is -0.994. The van der Waals surface area contributed by atoms with Gasteiger partial charge in [0, 0.05) is 37.7 Å². The van der Waals surface area contributed by atoms with E-state index in [1.165, 1.54) is 0 Å². The van der Waals surface area contributed by atoms with Crippen LogP contribution in [0.25, 0.3) is 0 Å². The van der Waals surface area contributed by atoms with Crippen LogP contribution in [0.2, 0.25) is 5.02 Å². The van der Waals surface area contributed by atoms with E-state index in [0.29, 0.717) is 48.5 Å². The van der Waals surface area contributed by atoms with Gasteiger partial charge in [0.2, 0.25) is 5.91 Å². The molecule has 2 amide bonds. The summed E-state index contributed by atoms with van der Waals surface area (Å²) in [7, 11) is 3.60. The van der Waals surface area contributed by atoms with Crippen molar-refractivity contribution in [3.8, 4) is 17.2 Å². The number of hydrogen-bond acceptors (Lipinski definition) is 7. The number of likely N-dealkylation sites (N-methyl/N-ethyl adjacent to an activating group) is 1. The molecule has 9 nitrogen and oxygen atoms in total. The Bertz CT molecular complexity index is 1120. The molecule has 0 N–H and O–H groups in total. The van der Waals surface area contributed by atoms with Gasteiger partial charge in [-0.25, -0.2) is 0 Å². The van der Waals surface area contributed by atoms with Gasteiger partial charge in [0.15, 0.2) is 18.1 Å². The molecule has 2 heterocycles. The van der Waals surface area contributed by atoms with E-state index < -0.39 is 5.60 Å². The average Bonchev–Trinajstić information content (AvgIpc) is 2.93. The van der Waals surface area contributed by atoms with Gasteiger partial charge >= 0.3 is 0 Å². The van der Waals surface area contributed by atoms with Crippen molar-refractivity contribution in [3.05, 3.63) is 53.1 Å². The summed E-state index contributed by atoms with van der Waals surface area (Å²) in [6.45, 7) is 5.75. The minimum absolute atomic E-state index is 0.00597. The minimum Gasteiger partial charge on any atom is -0.493 e. The van der Waals surface area contributed by atoms with Gasteiger partial charge in [0.1, 0.15) is 18.0 Å². The van der Waals surface area contributed by atoms with Gasteiger partial charge < -0.3 is 33.6 Å². The molecule has 0 saturated carbocycles. The number of methoxy groups -OCH3 is 1. The van der Waals surface area contributed by atoms with Crippen LogP contribution in [0.3, 0.4) is 0 Å². The first-order valence-corrected chi connectivity index (χ1v) is 13.2. The number of morpholine rings is 1. The van der Waals surface area contributed by atoms with Crippen molar-refractivity contribution in [3.63, 3.8) is 0 Å². The second-order valence-corrected chi connectivity index (χ2v) is 10.3. The van der Waals surface area contributed by atoms with Crippen molar-refractivity contribution in [2.75, 3.05) is 73.2 Å². The van der Waals surface area contributed by atoms with E-state index in [1.54, 1.807) is 36.3 Å². The van der Waals surface area contributed by atoms with Gasteiger partial charge in [-0.05, 0) is 49.9 Å². The molecular weight excluding hydrogens is 510 g/mol. The Labute approximate surface area is 229 Å². The Morgan fingerprint density at radius 1 is 0.974 bits per heavy atom. The van der Waals surface area contributed by atoms with Crippen LogP contribution < -0.4 is 14.2 Å². The molecule has 0 bridgehead atoms. The lowest BCUT2D eigenvalue weighted by Crippen LogP contribution is -2.59. The third-order valence-electron chi connectivity index (χ3n) is 6.98. The third kappa shape index (κ3) is 7.09. The predicted molar refractivity (Wildman–Crippen MR) is 144 cm³/mol. The number of piperazine rings is 1. The van der Waals surface area contributed by atoms with E-state index in [9.17, 15) is 9.59 Å². The fourth-order valence-corrected chi connectivity index (χ4v) is 4.75. The van der Waals surface area contributed by atoms with E-state index in [-0.39, 0.29) is 38.0 Å². The average molecular weight is 546 g/mol. The summed E-state index contributed by atoms with van der Waals surface area (Å²) < 4.78 is 23.5. The topological polar surface area (TPSA) is 80.8 Å². The number of halogens is 1. The first-order valence-electron chi connectivity index (χ1n) is 12.8. The van der Waals surface area contributed by atoms with Gasteiger partial charge in [-0.15, -0.1) is 0 Å². The van der Waals surface area contributed by atoms with Gasteiger partial charge in [-0.3, -0.25) is 9.59 Å². The van der Waals surface area contributed by atoms with Gasteiger partial charge in [0.25, 0.3) is 5.91 Å². The van der Waals surface area contributed by atoms with Crippen LogP contribution >= 0.6 is 11.6 Å². The number of nitrogens with zero attached hydrogens (tertiary/aromatic N) is 3. The second-order valence-electron chi connectivity index (χ2n) is 9.85. The van der Waals surface area contributed by atoms with Crippen molar-refractivity contribution < 1.29 is 28.5 Å². The van der Waals surface area contributed by atoms with Crippen LogP contribution in [-0.4, -0.2) is 105 Å². The lowest BCUT2D eigenvalue weighted by molar-refractivity contribution is -0.167. The summed E-state index contributed by atoms with van der Waals surface area (Å²) in [4.78, 5) is 32.3. The zero-order chi connectivity index (χ0) is 27.1. The van der Waals surface area contributed by atoms with E-state index in [1.807, 2.05) is 37.1 Å². The number of aryl methyl sites for hydroxylation is 1. The maximum absolute atomic E-state index is 13.4. The van der Waals surface area contributed by atoms with Crippen LogP contribution in [0.1, 0.15) is 12.0 Å². The fraction of sp³-hybridized carbons (Fsp3) is 0.500. The third-order valence-corrected chi connectivity index (χ3v) is 7.41. The smallest absolute Gasteiger partial charge is 0.260 e. The molecule has 2 fully saturated rings. The predicted octanol–water partition coefficient (Wildman–Crippen LogP) is 2.88. The van der Waals surface area contributed by atoms with Gasteiger partial charge in [0.05, 0.1) is 26.7 Å². The highest BCUT2D eigenvalue weighted by Gasteiger charge is 2.42. The number of benzene rings is 2. The number of carbonyl (C=O) groups excluding carboxylic acids is 2. The molecule has 0 radical (unpaired) electrons. The Kier molecular flexibility index (Phi) is 9.35. The quantitative estimate of drug-likeness (QED) is 0.479. The van der Waals surface area contributed by atoms with Crippen LogP contribution in [0.5, 0.6) is 17.2 Å². The Morgan fingerprint density at radius 3 is 2.42 bits per heavy atom. The molecule has 2 aliphatic rings. The molecule has 4 rings (SSSR count). The number of hydrogen-bond donors (Lipinski definition) is 0. The maximum atomic E-state index is 13.4. The van der Waals surface area contributed by atoms with Crippen LogP contribution in [0, 0.1) is 6.92 Å². The van der Waals surface area contributed by atoms with Crippen LogP contribution in [-0.2, 0) is 14.3 Å². The van der Waals surface area contributed by atoms with Crippen molar-refractivity contribution >= 4 is 23.4 Å². The molecule has 206 valence electrons. The summed E-state index contributed by atoms with van der Waals surface area (Å²) in [5.74, 6) is 1.48. The fourth-order valence-electron chi connectivity index (χ4n) is 4.64. The standard InChI is InChI=1S/C28H36ClN3O6/c1-21-16-22(8-9-23(21)29)37-20-28(17-26(33)31-12-10-30(2)11-13-31)19-32(14-15-38-28)27(34)18-36-25-7-5-4-6-24(25)35-3/h4-9,16H,10-15,17-20H2,1-3H3/t28-/m1/s1. The first-order chi connectivity index (χ1) is 18.3. The molecular formula is C28H36ClN3O6. The number of rotatable bonds is 9. The molecule has 1 atom stereocenters. The van der Waals surface area contributed by atoms with Crippen LogP contribution in [0.15, 0.2) is 42.5 Å². The van der Waals surface area contributed by atoms with Crippen molar-refractivity contribution in [2.24, 2.45) is 0 Å². The lowest BCUT2D eigenvalue weighted by Gasteiger charge is -2.43. The van der Waals surface area contributed by atoms with Crippen molar-refractivity contribution in [1.82, 2.24) is 14.7 Å². The Balaban J connectivity index is 1.46. The summed E-state index contributed by atoms with van der Waals surface area (Å²) in [6.07, 6.45) is 0.112. The Hall–Kier alpha value is -3.01. The maximum Gasteiger partial charge on any atom is 0.260 e. The Morgan fingerprint density at radius 2 is 1.71 bits per heavy atom. The van der Waals surface area contributed by atoms with E-state index in [2.05, 4.69) is 4.90 Å². The van der Waals surface area contributed by atoms with E-state index >= 15 is 0 Å². The highest BCUT2D eigenvalue weighted by atomic mass is 35.5. The van der Waals surface area contributed by atoms with Crippen LogP contribution in [0.4, 0.5) is 0 Å². The van der Waals surface area contributed by atoms with Gasteiger partial charge in [-0.2, -0.15) is 0 Å². The summed E-state index contributed by atoms with van der Waals surface area (Å²) in [6, 6.07) is 12.6. The SMILES string of the molecule is COc1ccccc1OCC(=O)N1CCO[C@](COc2ccc(Cl)c(C)c2)(CC(=O)N2CCN(C)CC2)C1. The largest absolute Gasteiger partial charge is 0.493 e. The van der Waals surface area contributed by atoms with Crippen molar-refractivity contribution in [1.29, 1.82) is 0 Å². The molecule has 0 aliphatic carbocycles. The lowest BCUT2D eigenvalue weighted by atomic mass is 9.96. The van der Waals surface area contributed by atoms with E-state index in [4.69, 9.17) is 30.5 Å². The number of carbonyl (C=O) groups is 2. The number of ether oxygens (including phenoxy) is 4. The normalized spacial score (nSPS) is 20.2. The monoisotopic (exact) mass is 545 g/mol. The molecule has 2 saturated heterocycles. The highest BCUT2D eigenvalue weighted by Crippen LogP contribution is 2.29. The molecule has 2 aliphatic heterocycles. The van der Waals surface area contributed by atoms with Gasteiger partial charge in [-0.1, -0.05) is 23.7 Å². The zero-order valence-electron chi connectivity index (χ0n) is 22.3. The van der Waals surface area contributed by atoms with E-state index in [0.717, 1.165) is 18.7 Å². The molecule has 2 aromatic rings. The molecule has 0 unspecified atom stereocenters. The molecule has 10 heteroatoms. The highest BCUT2D eigenvalue weighted by molar-refractivity contribution is 6.31.